The maximum absolute atomic E-state index is 12.5. The van der Waals surface area contributed by atoms with Crippen molar-refractivity contribution < 1.29 is 9.53 Å². The molecular weight excluding hydrogens is 312 g/mol. The summed E-state index contributed by atoms with van der Waals surface area (Å²) in [5, 5.41) is -0.0307. The van der Waals surface area contributed by atoms with Crippen LogP contribution in [0.15, 0.2) is 49.5 Å². The van der Waals surface area contributed by atoms with Crippen LogP contribution in [0.3, 0.4) is 0 Å². The van der Waals surface area contributed by atoms with E-state index in [0.29, 0.717) is 0 Å². The summed E-state index contributed by atoms with van der Waals surface area (Å²) in [4.78, 5) is 61.6. The van der Waals surface area contributed by atoms with E-state index >= 15 is 0 Å². The second-order valence-electron chi connectivity index (χ2n) is 5.45. The molecular formula is C18H8O6. The van der Waals surface area contributed by atoms with Crippen molar-refractivity contribution in [2.45, 2.75) is 0 Å². The number of carbonyl (C=O) groups excluding carboxylic acids is 1. The molecule has 4 rings (SSSR count). The number of esters is 1. The van der Waals surface area contributed by atoms with Gasteiger partial charge in [0.2, 0.25) is 21.7 Å². The molecule has 24 heavy (non-hydrogen) atoms. The highest BCUT2D eigenvalue weighted by Gasteiger charge is 2.27. The number of hydrogen-bond acceptors (Lipinski definition) is 6. The molecule has 6 heteroatoms. The summed E-state index contributed by atoms with van der Waals surface area (Å²) in [5.41, 5.74) is -2.91. The van der Waals surface area contributed by atoms with Crippen molar-refractivity contribution in [1.82, 2.24) is 0 Å². The molecule has 0 atom stereocenters. The predicted molar refractivity (Wildman–Crippen MR) is 88.1 cm³/mol. The zero-order valence-corrected chi connectivity index (χ0v) is 12.3. The molecule has 2 aromatic rings. The number of benzene rings is 4. The second kappa shape index (κ2) is 4.55. The highest BCUT2D eigenvalue weighted by Crippen LogP contribution is 2.35. The van der Waals surface area contributed by atoms with Gasteiger partial charge in [-0.3, -0.25) is 19.2 Å². The second-order valence-corrected chi connectivity index (χ2v) is 5.45. The van der Waals surface area contributed by atoms with Gasteiger partial charge in [-0.2, -0.15) is 0 Å². The van der Waals surface area contributed by atoms with Gasteiger partial charge in [-0.15, -0.1) is 0 Å². The molecule has 0 amide bonds. The molecule has 0 N–H and O–H groups in total. The third-order valence-corrected chi connectivity index (χ3v) is 4.30. The van der Waals surface area contributed by atoms with Crippen LogP contribution in [0.25, 0.3) is 32.7 Å². The lowest BCUT2D eigenvalue weighted by Gasteiger charge is -2.15. The Hall–Kier alpha value is -3.41. The van der Waals surface area contributed by atoms with Crippen LogP contribution in [0.4, 0.5) is 0 Å². The summed E-state index contributed by atoms with van der Waals surface area (Å²) in [6.45, 7) is 0. The van der Waals surface area contributed by atoms with Crippen LogP contribution in [0, 0.1) is 0 Å². The summed E-state index contributed by atoms with van der Waals surface area (Å²) >= 11 is 0. The third-order valence-electron chi connectivity index (χ3n) is 4.30. The predicted octanol–water partition coefficient (Wildman–Crippen LogP) is 0.639. The molecule has 0 aromatic heterocycles. The first-order valence-electron chi connectivity index (χ1n) is 7.04. The van der Waals surface area contributed by atoms with E-state index in [9.17, 15) is 24.0 Å². The first-order valence-corrected chi connectivity index (χ1v) is 7.04. The molecule has 0 spiro atoms. The van der Waals surface area contributed by atoms with E-state index in [1.807, 2.05) is 0 Å². The van der Waals surface area contributed by atoms with Crippen LogP contribution in [0.2, 0.25) is 0 Å². The lowest BCUT2D eigenvalue weighted by atomic mass is 9.85. The van der Waals surface area contributed by atoms with Gasteiger partial charge >= 0.3 is 5.97 Å². The highest BCUT2D eigenvalue weighted by molar-refractivity contribution is 6.16. The summed E-state index contributed by atoms with van der Waals surface area (Å²) < 4.78 is 4.66. The fourth-order valence-corrected chi connectivity index (χ4v) is 3.25. The van der Waals surface area contributed by atoms with Crippen LogP contribution >= 0.6 is 0 Å². The standard InChI is InChI=1S/C18H8O6/c1-24-18(23)10-6-5-9-12-11-7(14(19)15(9)20)3-2-4-8(11)16(21)17(22)13(10)12/h2-6H,1H3. The molecule has 0 unspecified atom stereocenters. The molecule has 2 aliphatic rings. The van der Waals surface area contributed by atoms with Gasteiger partial charge in [-0.25, -0.2) is 4.79 Å². The van der Waals surface area contributed by atoms with Crippen molar-refractivity contribution in [2.75, 3.05) is 7.11 Å². The smallest absolute Gasteiger partial charge is 0.338 e. The van der Waals surface area contributed by atoms with E-state index in [0.717, 1.165) is 7.11 Å². The number of carbonyl (C=O) groups is 1. The van der Waals surface area contributed by atoms with Crippen molar-refractivity contribution in [3.05, 3.63) is 76.8 Å². The van der Waals surface area contributed by atoms with Gasteiger partial charge in [0, 0.05) is 32.7 Å². The van der Waals surface area contributed by atoms with E-state index in [2.05, 4.69) is 4.74 Å². The molecule has 2 aliphatic carbocycles. The Morgan fingerprint density at radius 3 is 1.88 bits per heavy atom. The molecule has 0 radical (unpaired) electrons. The molecule has 0 aliphatic heterocycles. The number of hydrogen-bond donors (Lipinski definition) is 0. The average Bonchev–Trinajstić information content (AvgIpc) is 2.61. The molecule has 0 fully saturated rings. The highest BCUT2D eigenvalue weighted by atomic mass is 16.5. The lowest BCUT2D eigenvalue weighted by Crippen LogP contribution is -2.32. The Kier molecular flexibility index (Phi) is 2.69. The Balaban J connectivity index is 2.50. The van der Waals surface area contributed by atoms with Gasteiger partial charge < -0.3 is 4.74 Å². The largest absolute Gasteiger partial charge is 0.465 e. The number of ether oxygens (including phenoxy) is 1. The quantitative estimate of drug-likeness (QED) is 0.290. The maximum Gasteiger partial charge on any atom is 0.338 e. The van der Waals surface area contributed by atoms with Gasteiger partial charge in [0.1, 0.15) is 0 Å². The van der Waals surface area contributed by atoms with Crippen LogP contribution in [-0.4, -0.2) is 13.1 Å². The molecule has 0 saturated carbocycles. The summed E-state index contributed by atoms with van der Waals surface area (Å²) in [7, 11) is 1.15. The van der Waals surface area contributed by atoms with Gasteiger partial charge in [-0.05, 0) is 12.1 Å². The molecule has 6 nitrogen and oxygen atoms in total. The van der Waals surface area contributed by atoms with Crippen molar-refractivity contribution in [3.63, 3.8) is 0 Å². The summed E-state index contributed by atoms with van der Waals surface area (Å²) in [6, 6.07) is 6.85. The Labute approximate surface area is 132 Å². The topological polar surface area (TPSA) is 94.6 Å². The van der Waals surface area contributed by atoms with Crippen molar-refractivity contribution >= 4 is 27.5 Å². The van der Waals surface area contributed by atoms with Gasteiger partial charge in [-0.1, -0.05) is 18.2 Å². The first kappa shape index (κ1) is 14.2. The zero-order chi connectivity index (χ0) is 17.2. The lowest BCUT2D eigenvalue weighted by molar-refractivity contribution is 0.0603. The van der Waals surface area contributed by atoms with Gasteiger partial charge in [0.25, 0.3) is 0 Å². The van der Waals surface area contributed by atoms with Crippen molar-refractivity contribution in [2.24, 2.45) is 0 Å². The summed E-state index contributed by atoms with van der Waals surface area (Å²) in [6.07, 6.45) is 0. The van der Waals surface area contributed by atoms with Crippen LogP contribution < -0.4 is 21.7 Å². The average molecular weight is 320 g/mol. The van der Waals surface area contributed by atoms with Gasteiger partial charge in [0.15, 0.2) is 0 Å². The van der Waals surface area contributed by atoms with E-state index in [1.54, 1.807) is 0 Å². The molecule has 0 bridgehead atoms. The van der Waals surface area contributed by atoms with E-state index in [1.165, 1.54) is 30.3 Å². The Bertz CT molecular complexity index is 1320. The van der Waals surface area contributed by atoms with Crippen LogP contribution in [0.5, 0.6) is 0 Å². The van der Waals surface area contributed by atoms with Crippen LogP contribution in [-0.2, 0) is 4.74 Å². The number of methoxy groups -OCH3 is 1. The van der Waals surface area contributed by atoms with E-state index in [-0.39, 0.29) is 38.2 Å². The first-order chi connectivity index (χ1) is 11.5. The fraction of sp³-hybridized carbons (Fsp3) is 0.0556. The fourth-order valence-electron chi connectivity index (χ4n) is 3.25. The van der Waals surface area contributed by atoms with E-state index in [4.69, 9.17) is 0 Å². The minimum Gasteiger partial charge on any atom is -0.465 e. The van der Waals surface area contributed by atoms with Crippen molar-refractivity contribution in [3.8, 4) is 11.1 Å². The maximum atomic E-state index is 12.5. The third kappa shape index (κ3) is 1.52. The molecule has 0 saturated heterocycles. The van der Waals surface area contributed by atoms with Crippen LogP contribution in [0.1, 0.15) is 10.4 Å². The molecule has 0 heterocycles. The monoisotopic (exact) mass is 320 g/mol. The minimum atomic E-state index is -0.890. The van der Waals surface area contributed by atoms with E-state index < -0.39 is 27.7 Å². The Morgan fingerprint density at radius 1 is 0.750 bits per heavy atom. The molecule has 2 aromatic carbocycles. The van der Waals surface area contributed by atoms with Gasteiger partial charge in [0.05, 0.1) is 12.7 Å². The number of rotatable bonds is 1. The van der Waals surface area contributed by atoms with Crippen molar-refractivity contribution in [1.29, 1.82) is 0 Å². The minimum absolute atomic E-state index is 0.0171. The SMILES string of the molecule is COC(=O)c1ccc2c3c1c(=O)c(=O)c1cccc(c1-3)c(=O)c2=O. The Morgan fingerprint density at radius 2 is 1.29 bits per heavy atom. The summed E-state index contributed by atoms with van der Waals surface area (Å²) in [5.74, 6) is -0.792. The zero-order valence-electron chi connectivity index (χ0n) is 12.3. The molecule has 116 valence electrons. The normalized spacial score (nSPS) is 11.5.